The van der Waals surface area contributed by atoms with Crippen molar-refractivity contribution in [3.8, 4) is 5.75 Å². The minimum absolute atomic E-state index is 0.344. The monoisotopic (exact) mass is 247 g/mol. The van der Waals surface area contributed by atoms with Gasteiger partial charge in [-0.15, -0.1) is 0 Å². The molecule has 1 saturated carbocycles. The van der Waals surface area contributed by atoms with Crippen molar-refractivity contribution in [2.45, 2.75) is 51.6 Å². The van der Waals surface area contributed by atoms with Crippen molar-refractivity contribution < 1.29 is 4.74 Å². The molecule has 1 N–H and O–H groups in total. The predicted octanol–water partition coefficient (Wildman–Crippen LogP) is 3.92. The normalized spacial score (nSPS) is 19.1. The van der Waals surface area contributed by atoms with Gasteiger partial charge in [-0.3, -0.25) is 0 Å². The summed E-state index contributed by atoms with van der Waals surface area (Å²) in [6, 6.07) is 9.20. The van der Waals surface area contributed by atoms with E-state index in [0.717, 1.165) is 11.7 Å². The molecule has 0 bridgehead atoms. The van der Waals surface area contributed by atoms with Gasteiger partial charge in [0.2, 0.25) is 0 Å². The van der Waals surface area contributed by atoms with Crippen LogP contribution in [-0.2, 0) is 0 Å². The van der Waals surface area contributed by atoms with Crippen LogP contribution in [0.1, 0.15) is 51.1 Å². The lowest BCUT2D eigenvalue weighted by atomic mass is 9.81. The smallest absolute Gasteiger partial charge is 0.123 e. The molecule has 0 radical (unpaired) electrons. The molecule has 1 aromatic rings. The lowest BCUT2D eigenvalue weighted by molar-refractivity contribution is 0.259. The zero-order chi connectivity index (χ0) is 13.0. The van der Waals surface area contributed by atoms with E-state index in [1.54, 1.807) is 7.11 Å². The summed E-state index contributed by atoms with van der Waals surface area (Å²) in [6.45, 7) is 4.51. The highest BCUT2D eigenvalue weighted by Gasteiger charge is 2.21. The zero-order valence-corrected chi connectivity index (χ0v) is 11.8. The fourth-order valence-corrected chi connectivity index (χ4v) is 2.84. The van der Waals surface area contributed by atoms with Crippen molar-refractivity contribution in [3.05, 3.63) is 29.8 Å². The summed E-state index contributed by atoms with van der Waals surface area (Å²) in [5.74, 6) is 1.94. The highest BCUT2D eigenvalue weighted by Crippen LogP contribution is 2.31. The molecule has 1 aliphatic rings. The first-order valence-corrected chi connectivity index (χ1v) is 7.09. The molecule has 2 nitrogen and oxygen atoms in total. The van der Waals surface area contributed by atoms with Crippen molar-refractivity contribution in [3.63, 3.8) is 0 Å². The molecule has 100 valence electrons. The number of nitrogens with one attached hydrogen (secondary N) is 1. The van der Waals surface area contributed by atoms with Crippen LogP contribution in [0.15, 0.2) is 24.3 Å². The number of hydrogen-bond donors (Lipinski definition) is 1. The molecule has 0 aromatic heterocycles. The van der Waals surface area contributed by atoms with Crippen LogP contribution in [0.25, 0.3) is 0 Å². The molecule has 1 fully saturated rings. The molecule has 0 spiro atoms. The number of benzene rings is 1. The van der Waals surface area contributed by atoms with Crippen molar-refractivity contribution in [2.75, 3.05) is 7.11 Å². The Morgan fingerprint density at radius 2 is 2.00 bits per heavy atom. The minimum Gasteiger partial charge on any atom is -0.496 e. The molecule has 0 heterocycles. The quantitative estimate of drug-likeness (QED) is 0.822. The third-order valence-electron chi connectivity index (χ3n) is 4.05. The number of hydrogen-bond acceptors (Lipinski definition) is 2. The van der Waals surface area contributed by atoms with E-state index in [2.05, 4.69) is 31.3 Å². The van der Waals surface area contributed by atoms with Crippen LogP contribution in [0, 0.1) is 5.92 Å². The Morgan fingerprint density at radius 3 is 2.61 bits per heavy atom. The fraction of sp³-hybridized carbons (Fsp3) is 0.625. The van der Waals surface area contributed by atoms with E-state index in [1.165, 1.54) is 31.2 Å². The van der Waals surface area contributed by atoms with Crippen LogP contribution in [-0.4, -0.2) is 13.2 Å². The molecule has 2 heteroatoms. The maximum Gasteiger partial charge on any atom is 0.123 e. The van der Waals surface area contributed by atoms with Crippen LogP contribution in [0.4, 0.5) is 0 Å². The van der Waals surface area contributed by atoms with Crippen LogP contribution in [0.5, 0.6) is 5.75 Å². The molecule has 0 amide bonds. The number of methoxy groups -OCH3 is 1. The molecular weight excluding hydrogens is 222 g/mol. The van der Waals surface area contributed by atoms with Gasteiger partial charge in [0.1, 0.15) is 5.75 Å². The van der Waals surface area contributed by atoms with Gasteiger partial charge in [-0.2, -0.15) is 0 Å². The van der Waals surface area contributed by atoms with Gasteiger partial charge >= 0.3 is 0 Å². The molecule has 1 aromatic carbocycles. The van der Waals surface area contributed by atoms with Crippen LogP contribution in [0.2, 0.25) is 0 Å². The number of rotatable bonds is 6. The second-order valence-electron chi connectivity index (χ2n) is 5.56. The molecule has 2 unspecified atom stereocenters. The average Bonchev–Trinajstić information content (AvgIpc) is 2.33. The van der Waals surface area contributed by atoms with E-state index in [0.29, 0.717) is 12.1 Å². The Kier molecular flexibility index (Phi) is 4.65. The van der Waals surface area contributed by atoms with Crippen LogP contribution in [0.3, 0.4) is 0 Å². The van der Waals surface area contributed by atoms with E-state index in [9.17, 15) is 0 Å². The Balaban J connectivity index is 1.91. The van der Waals surface area contributed by atoms with Crippen molar-refractivity contribution in [1.29, 1.82) is 0 Å². The standard InChI is InChI=1S/C16H25NO/c1-12(11-14-7-6-8-14)17-13(2)15-9-4-5-10-16(15)18-3/h4-5,9-10,12-14,17H,6-8,11H2,1-3H3. The predicted molar refractivity (Wildman–Crippen MR) is 76.0 cm³/mol. The Bertz CT molecular complexity index is 373. The molecule has 2 atom stereocenters. The highest BCUT2D eigenvalue weighted by atomic mass is 16.5. The maximum absolute atomic E-state index is 5.42. The first kappa shape index (κ1) is 13.4. The lowest BCUT2D eigenvalue weighted by Gasteiger charge is -2.30. The number of para-hydroxylation sites is 1. The Hall–Kier alpha value is -1.02. The Morgan fingerprint density at radius 1 is 1.28 bits per heavy atom. The third kappa shape index (κ3) is 3.26. The largest absolute Gasteiger partial charge is 0.496 e. The summed E-state index contributed by atoms with van der Waals surface area (Å²) in [5.41, 5.74) is 1.25. The topological polar surface area (TPSA) is 21.3 Å². The number of ether oxygens (including phenoxy) is 1. The summed E-state index contributed by atoms with van der Waals surface area (Å²) in [5, 5.41) is 3.69. The van der Waals surface area contributed by atoms with Gasteiger partial charge in [-0.1, -0.05) is 37.5 Å². The molecule has 18 heavy (non-hydrogen) atoms. The molecule has 2 rings (SSSR count). The molecule has 0 aliphatic heterocycles. The summed E-state index contributed by atoms with van der Waals surface area (Å²) >= 11 is 0. The van der Waals surface area contributed by atoms with Gasteiger partial charge in [0.15, 0.2) is 0 Å². The van der Waals surface area contributed by atoms with Gasteiger partial charge in [-0.05, 0) is 32.3 Å². The van der Waals surface area contributed by atoms with Gasteiger partial charge < -0.3 is 10.1 Å². The van der Waals surface area contributed by atoms with E-state index in [4.69, 9.17) is 4.74 Å². The molecule has 1 aliphatic carbocycles. The van der Waals surface area contributed by atoms with Gasteiger partial charge in [0.05, 0.1) is 7.11 Å². The SMILES string of the molecule is COc1ccccc1C(C)NC(C)CC1CCC1. The van der Waals surface area contributed by atoms with Gasteiger partial charge in [0.25, 0.3) is 0 Å². The second-order valence-corrected chi connectivity index (χ2v) is 5.56. The van der Waals surface area contributed by atoms with E-state index < -0.39 is 0 Å². The van der Waals surface area contributed by atoms with Gasteiger partial charge in [0, 0.05) is 17.6 Å². The summed E-state index contributed by atoms with van der Waals surface area (Å²) in [7, 11) is 1.74. The first-order valence-electron chi connectivity index (χ1n) is 7.09. The van der Waals surface area contributed by atoms with Crippen LogP contribution < -0.4 is 10.1 Å². The van der Waals surface area contributed by atoms with E-state index in [1.807, 2.05) is 12.1 Å². The molecule has 0 saturated heterocycles. The second kappa shape index (κ2) is 6.24. The van der Waals surface area contributed by atoms with Crippen molar-refractivity contribution >= 4 is 0 Å². The average molecular weight is 247 g/mol. The first-order chi connectivity index (χ1) is 8.70. The van der Waals surface area contributed by atoms with Crippen molar-refractivity contribution in [1.82, 2.24) is 5.32 Å². The summed E-state index contributed by atoms with van der Waals surface area (Å²) in [4.78, 5) is 0. The Labute approximate surface area is 111 Å². The van der Waals surface area contributed by atoms with Crippen molar-refractivity contribution in [2.24, 2.45) is 5.92 Å². The summed E-state index contributed by atoms with van der Waals surface area (Å²) in [6.07, 6.45) is 5.59. The maximum atomic E-state index is 5.42. The van der Waals surface area contributed by atoms with E-state index >= 15 is 0 Å². The highest BCUT2D eigenvalue weighted by molar-refractivity contribution is 5.35. The van der Waals surface area contributed by atoms with E-state index in [-0.39, 0.29) is 0 Å². The lowest BCUT2D eigenvalue weighted by Crippen LogP contribution is -2.32. The minimum atomic E-state index is 0.344. The van der Waals surface area contributed by atoms with Gasteiger partial charge in [-0.25, -0.2) is 0 Å². The summed E-state index contributed by atoms with van der Waals surface area (Å²) < 4.78 is 5.42. The fourth-order valence-electron chi connectivity index (χ4n) is 2.84. The zero-order valence-electron chi connectivity index (χ0n) is 11.8. The molecular formula is C16H25NO. The third-order valence-corrected chi connectivity index (χ3v) is 4.05. The van der Waals surface area contributed by atoms with Crippen LogP contribution >= 0.6 is 0 Å².